The van der Waals surface area contributed by atoms with Gasteiger partial charge in [0.25, 0.3) is 0 Å². The van der Waals surface area contributed by atoms with Crippen molar-refractivity contribution < 1.29 is 24.2 Å². The molecule has 6 nitrogen and oxygen atoms in total. The fraction of sp³-hybridized carbons (Fsp3) is 0.500. The third-order valence-corrected chi connectivity index (χ3v) is 3.52. The van der Waals surface area contributed by atoms with Gasteiger partial charge >= 0.3 is 5.97 Å². The number of amides is 1. The van der Waals surface area contributed by atoms with Crippen molar-refractivity contribution in [3.05, 3.63) is 29.8 Å². The first-order valence-corrected chi connectivity index (χ1v) is 7.47. The van der Waals surface area contributed by atoms with E-state index in [0.29, 0.717) is 31.8 Å². The Morgan fingerprint density at radius 1 is 1.36 bits per heavy atom. The summed E-state index contributed by atoms with van der Waals surface area (Å²) in [6, 6.07) is 6.12. The first-order valence-electron chi connectivity index (χ1n) is 7.47. The number of aromatic carboxylic acids is 1. The number of carbonyl (C=O) groups is 2. The zero-order chi connectivity index (χ0) is 15.9. The molecule has 2 N–H and O–H groups in total. The topological polar surface area (TPSA) is 84.9 Å². The summed E-state index contributed by atoms with van der Waals surface area (Å²) in [5.41, 5.74) is 0.208. The summed E-state index contributed by atoms with van der Waals surface area (Å²) in [6.45, 7) is 2.95. The number of carbonyl (C=O) groups excluding carboxylic acids is 1. The van der Waals surface area contributed by atoms with Gasteiger partial charge < -0.3 is 19.9 Å². The lowest BCUT2D eigenvalue weighted by molar-refractivity contribution is -0.124. The van der Waals surface area contributed by atoms with E-state index in [2.05, 4.69) is 5.32 Å². The Bertz CT molecular complexity index is 514. The Hall–Kier alpha value is -2.08. The quantitative estimate of drug-likeness (QED) is 0.837. The maximum absolute atomic E-state index is 11.8. The van der Waals surface area contributed by atoms with Gasteiger partial charge in [0.2, 0.25) is 5.91 Å². The van der Waals surface area contributed by atoms with E-state index in [1.807, 2.05) is 6.92 Å². The molecule has 1 aliphatic heterocycles. The molecule has 1 fully saturated rings. The van der Waals surface area contributed by atoms with Crippen LogP contribution in [0.15, 0.2) is 24.3 Å². The van der Waals surface area contributed by atoms with Crippen LogP contribution in [0.1, 0.15) is 36.5 Å². The molecule has 0 aliphatic carbocycles. The third-order valence-electron chi connectivity index (χ3n) is 3.52. The zero-order valence-electron chi connectivity index (χ0n) is 12.6. The van der Waals surface area contributed by atoms with Crippen LogP contribution in [0, 0.1) is 0 Å². The van der Waals surface area contributed by atoms with Gasteiger partial charge in [-0.15, -0.1) is 0 Å². The predicted molar refractivity (Wildman–Crippen MR) is 80.1 cm³/mol. The van der Waals surface area contributed by atoms with Gasteiger partial charge in [0.05, 0.1) is 18.2 Å². The van der Waals surface area contributed by atoms with Crippen LogP contribution in [0.25, 0.3) is 0 Å². The lowest BCUT2D eigenvalue weighted by Crippen LogP contribution is -2.51. The molecule has 0 bridgehead atoms. The molecular weight excluding hydrogens is 286 g/mol. The molecule has 1 aliphatic rings. The first kappa shape index (κ1) is 16.3. The van der Waals surface area contributed by atoms with Crippen molar-refractivity contribution in [1.29, 1.82) is 0 Å². The van der Waals surface area contributed by atoms with E-state index in [0.717, 1.165) is 6.42 Å². The lowest BCUT2D eigenvalue weighted by atomic mass is 10.1. The van der Waals surface area contributed by atoms with Crippen molar-refractivity contribution in [2.24, 2.45) is 0 Å². The number of rotatable bonds is 6. The van der Waals surface area contributed by atoms with Crippen LogP contribution in [0.2, 0.25) is 0 Å². The number of hydrogen-bond acceptors (Lipinski definition) is 4. The van der Waals surface area contributed by atoms with E-state index < -0.39 is 5.97 Å². The Morgan fingerprint density at radius 2 is 2.09 bits per heavy atom. The summed E-state index contributed by atoms with van der Waals surface area (Å²) in [6.07, 6.45) is 1.73. The molecule has 0 spiro atoms. The lowest BCUT2D eigenvalue weighted by Gasteiger charge is -2.32. The SMILES string of the molecule is CCCC(=O)NC1CCOCC1Oc1ccc(C(=O)O)cc1. The van der Waals surface area contributed by atoms with Crippen molar-refractivity contribution in [3.8, 4) is 5.75 Å². The molecular formula is C16H21NO5. The van der Waals surface area contributed by atoms with Gasteiger partial charge in [-0.3, -0.25) is 4.79 Å². The zero-order valence-corrected chi connectivity index (χ0v) is 12.6. The van der Waals surface area contributed by atoms with Crippen LogP contribution in [-0.4, -0.2) is 42.3 Å². The average Bonchev–Trinajstić information content (AvgIpc) is 2.50. The fourth-order valence-corrected chi connectivity index (χ4v) is 2.35. The largest absolute Gasteiger partial charge is 0.486 e. The Labute approximate surface area is 129 Å². The summed E-state index contributed by atoms with van der Waals surface area (Å²) in [5, 5.41) is 11.9. The van der Waals surface area contributed by atoms with E-state index in [9.17, 15) is 9.59 Å². The summed E-state index contributed by atoms with van der Waals surface area (Å²) in [7, 11) is 0. The summed E-state index contributed by atoms with van der Waals surface area (Å²) in [4.78, 5) is 22.6. The molecule has 1 heterocycles. The monoisotopic (exact) mass is 307 g/mol. The van der Waals surface area contributed by atoms with Gasteiger partial charge in [0.15, 0.2) is 0 Å². The highest BCUT2D eigenvalue weighted by Gasteiger charge is 2.28. The molecule has 2 atom stereocenters. The second-order valence-corrected chi connectivity index (χ2v) is 5.27. The van der Waals surface area contributed by atoms with E-state index >= 15 is 0 Å². The van der Waals surface area contributed by atoms with Crippen molar-refractivity contribution in [1.82, 2.24) is 5.32 Å². The summed E-state index contributed by atoms with van der Waals surface area (Å²) in [5.74, 6) is -0.392. The van der Waals surface area contributed by atoms with Crippen LogP contribution in [0.5, 0.6) is 5.75 Å². The van der Waals surface area contributed by atoms with Crippen molar-refractivity contribution in [3.63, 3.8) is 0 Å². The van der Waals surface area contributed by atoms with Gasteiger partial charge in [-0.2, -0.15) is 0 Å². The molecule has 1 saturated heterocycles. The van der Waals surface area contributed by atoms with E-state index in [1.165, 1.54) is 12.1 Å². The summed E-state index contributed by atoms with van der Waals surface area (Å²) < 4.78 is 11.3. The Balaban J connectivity index is 1.98. The number of ether oxygens (including phenoxy) is 2. The molecule has 6 heteroatoms. The molecule has 0 saturated carbocycles. The molecule has 22 heavy (non-hydrogen) atoms. The number of nitrogens with one attached hydrogen (secondary N) is 1. The maximum Gasteiger partial charge on any atom is 0.335 e. The van der Waals surface area contributed by atoms with Crippen LogP contribution < -0.4 is 10.1 Å². The van der Waals surface area contributed by atoms with Gasteiger partial charge in [-0.05, 0) is 37.1 Å². The smallest absolute Gasteiger partial charge is 0.335 e. The Morgan fingerprint density at radius 3 is 2.73 bits per heavy atom. The molecule has 1 aromatic carbocycles. The predicted octanol–water partition coefficient (Wildman–Crippen LogP) is 1.84. The fourth-order valence-electron chi connectivity index (χ4n) is 2.35. The first-order chi connectivity index (χ1) is 10.6. The molecule has 0 aromatic heterocycles. The highest BCUT2D eigenvalue weighted by molar-refractivity contribution is 5.87. The number of carboxylic acid groups (broad SMARTS) is 1. The minimum absolute atomic E-state index is 0.0178. The molecule has 1 aromatic rings. The molecule has 2 unspecified atom stereocenters. The normalized spacial score (nSPS) is 21.1. The number of carboxylic acids is 1. The third kappa shape index (κ3) is 4.46. The molecule has 0 radical (unpaired) electrons. The molecule has 120 valence electrons. The van der Waals surface area contributed by atoms with Crippen molar-refractivity contribution in [2.45, 2.75) is 38.3 Å². The second-order valence-electron chi connectivity index (χ2n) is 5.27. The van der Waals surface area contributed by atoms with Crippen LogP contribution in [0.4, 0.5) is 0 Å². The number of hydrogen-bond donors (Lipinski definition) is 2. The minimum Gasteiger partial charge on any atom is -0.486 e. The number of benzene rings is 1. The highest BCUT2D eigenvalue weighted by Crippen LogP contribution is 2.19. The molecule has 1 amide bonds. The van der Waals surface area contributed by atoms with Crippen LogP contribution in [-0.2, 0) is 9.53 Å². The second kappa shape index (κ2) is 7.79. The van der Waals surface area contributed by atoms with Crippen LogP contribution >= 0.6 is 0 Å². The van der Waals surface area contributed by atoms with E-state index in [1.54, 1.807) is 12.1 Å². The average molecular weight is 307 g/mol. The van der Waals surface area contributed by atoms with Crippen molar-refractivity contribution >= 4 is 11.9 Å². The highest BCUT2D eigenvalue weighted by atomic mass is 16.5. The van der Waals surface area contributed by atoms with Crippen LogP contribution in [0.3, 0.4) is 0 Å². The van der Waals surface area contributed by atoms with Gasteiger partial charge in [-0.25, -0.2) is 4.79 Å². The Kier molecular flexibility index (Phi) is 5.77. The van der Waals surface area contributed by atoms with E-state index in [-0.39, 0.29) is 23.6 Å². The standard InChI is InChI=1S/C16H21NO5/c1-2-3-15(18)17-13-8-9-21-10-14(13)22-12-6-4-11(5-7-12)16(19)20/h4-7,13-14H,2-3,8-10H2,1H3,(H,17,18)(H,19,20). The molecule has 2 rings (SSSR count). The minimum atomic E-state index is -0.975. The van der Waals surface area contributed by atoms with Gasteiger partial charge in [0.1, 0.15) is 11.9 Å². The van der Waals surface area contributed by atoms with Crippen molar-refractivity contribution in [2.75, 3.05) is 13.2 Å². The van der Waals surface area contributed by atoms with E-state index in [4.69, 9.17) is 14.6 Å². The van der Waals surface area contributed by atoms with Gasteiger partial charge in [0, 0.05) is 13.0 Å². The maximum atomic E-state index is 11.8. The van der Waals surface area contributed by atoms with Gasteiger partial charge in [-0.1, -0.05) is 6.92 Å². The summed E-state index contributed by atoms with van der Waals surface area (Å²) >= 11 is 0.